The Hall–Kier alpha value is -4.20. The predicted octanol–water partition coefficient (Wildman–Crippen LogP) is 6.97. The summed E-state index contributed by atoms with van der Waals surface area (Å²) in [4.78, 5) is 46.0. The van der Waals surface area contributed by atoms with Crippen molar-refractivity contribution in [3.8, 4) is 5.75 Å². The average Bonchev–Trinajstić information content (AvgIpc) is 3.48. The van der Waals surface area contributed by atoms with Gasteiger partial charge in [0, 0.05) is 32.0 Å². The van der Waals surface area contributed by atoms with Crippen LogP contribution in [0, 0.1) is 5.92 Å². The maximum Gasteiger partial charge on any atom is 0.238 e. The van der Waals surface area contributed by atoms with Crippen molar-refractivity contribution in [2.45, 2.75) is 17.5 Å². The number of carbonyl (C=O) groups excluding carboxylic acids is 3. The second kappa shape index (κ2) is 9.96. The van der Waals surface area contributed by atoms with Crippen LogP contribution in [0.25, 0.3) is 6.08 Å². The first-order valence-electron chi connectivity index (χ1n) is 13.5. The number of ether oxygens (including phenoxy) is 1. The van der Waals surface area contributed by atoms with Crippen molar-refractivity contribution >= 4 is 62.5 Å². The number of ketones is 2. The Morgan fingerprint density at radius 1 is 0.929 bits per heavy atom. The van der Waals surface area contributed by atoms with E-state index in [0.29, 0.717) is 33.1 Å². The molecule has 0 bridgehead atoms. The third kappa shape index (κ3) is 3.80. The molecule has 0 saturated carbocycles. The Kier molecular flexibility index (Phi) is 6.33. The first kappa shape index (κ1) is 26.7. The lowest BCUT2D eigenvalue weighted by Gasteiger charge is -2.37. The Morgan fingerprint density at radius 3 is 2.36 bits per heavy atom. The fraction of sp³-hybridized carbons (Fsp3) is 0.147. The number of Topliss-reactive ketones (excluding diaryl/α,β-unsaturated/α-hetero) is 2. The average molecular weight is 640 g/mol. The molecule has 0 radical (unpaired) electrons. The second-order valence-electron chi connectivity index (χ2n) is 10.7. The van der Waals surface area contributed by atoms with Crippen LogP contribution in [0.3, 0.4) is 0 Å². The van der Waals surface area contributed by atoms with E-state index in [4.69, 9.17) is 16.3 Å². The van der Waals surface area contributed by atoms with Crippen LogP contribution in [0.2, 0.25) is 5.02 Å². The summed E-state index contributed by atoms with van der Waals surface area (Å²) in [5.41, 5.74) is 2.15. The van der Waals surface area contributed by atoms with E-state index >= 15 is 0 Å². The maximum atomic E-state index is 14.8. The number of para-hydroxylation sites is 1. The molecular formula is C34H24BrClN2O4. The van der Waals surface area contributed by atoms with Gasteiger partial charge in [0.25, 0.3) is 0 Å². The van der Waals surface area contributed by atoms with E-state index in [0.717, 1.165) is 15.7 Å². The molecule has 3 heterocycles. The van der Waals surface area contributed by atoms with Gasteiger partial charge in [-0.15, -0.1) is 0 Å². The molecule has 4 atom stereocenters. The Bertz CT molecular complexity index is 1800. The van der Waals surface area contributed by atoms with Gasteiger partial charge in [-0.25, -0.2) is 0 Å². The van der Waals surface area contributed by atoms with Crippen LogP contribution in [-0.4, -0.2) is 36.7 Å². The zero-order valence-corrected chi connectivity index (χ0v) is 24.7. The van der Waals surface area contributed by atoms with E-state index in [2.05, 4.69) is 21.2 Å². The van der Waals surface area contributed by atoms with Crippen molar-refractivity contribution in [3.63, 3.8) is 0 Å². The summed E-state index contributed by atoms with van der Waals surface area (Å²) in [6.45, 7) is 0. The van der Waals surface area contributed by atoms with Gasteiger partial charge in [-0.05, 0) is 71.8 Å². The number of amides is 1. The molecular weight excluding hydrogens is 616 g/mol. The van der Waals surface area contributed by atoms with Gasteiger partial charge in [-0.1, -0.05) is 70.0 Å². The molecule has 3 aliphatic heterocycles. The van der Waals surface area contributed by atoms with Crippen LogP contribution in [0.1, 0.15) is 31.8 Å². The van der Waals surface area contributed by atoms with E-state index in [1.54, 1.807) is 61.7 Å². The highest BCUT2D eigenvalue weighted by molar-refractivity contribution is 9.10. The molecule has 6 nitrogen and oxygen atoms in total. The highest BCUT2D eigenvalue weighted by atomic mass is 79.9. The molecule has 0 aliphatic carbocycles. The second-order valence-corrected chi connectivity index (χ2v) is 12.0. The molecule has 1 fully saturated rings. The van der Waals surface area contributed by atoms with E-state index in [1.165, 1.54) is 0 Å². The fourth-order valence-electron chi connectivity index (χ4n) is 6.87. The molecule has 1 saturated heterocycles. The van der Waals surface area contributed by atoms with Gasteiger partial charge in [-0.2, -0.15) is 0 Å². The minimum absolute atomic E-state index is 0.229. The number of fused-ring (bicyclic) bond motifs is 5. The molecule has 1 amide bonds. The molecule has 208 valence electrons. The molecule has 0 unspecified atom stereocenters. The van der Waals surface area contributed by atoms with Gasteiger partial charge in [0.15, 0.2) is 11.6 Å². The smallest absolute Gasteiger partial charge is 0.238 e. The number of methoxy groups -OCH3 is 1. The Morgan fingerprint density at radius 2 is 1.62 bits per heavy atom. The van der Waals surface area contributed by atoms with Crippen LogP contribution >= 0.6 is 27.5 Å². The number of rotatable bonds is 5. The summed E-state index contributed by atoms with van der Waals surface area (Å²) < 4.78 is 6.15. The number of hydrogen-bond acceptors (Lipinski definition) is 5. The van der Waals surface area contributed by atoms with E-state index < -0.39 is 23.4 Å². The van der Waals surface area contributed by atoms with Gasteiger partial charge in [0.2, 0.25) is 5.91 Å². The number of anilines is 2. The van der Waals surface area contributed by atoms with Crippen molar-refractivity contribution in [1.82, 2.24) is 0 Å². The highest BCUT2D eigenvalue weighted by Gasteiger charge is 2.71. The number of carbonyl (C=O) groups is 3. The molecule has 4 aromatic carbocycles. The first-order chi connectivity index (χ1) is 20.3. The molecule has 4 aromatic rings. The summed E-state index contributed by atoms with van der Waals surface area (Å²) >= 11 is 9.83. The number of nitrogens with one attached hydrogen (secondary N) is 1. The number of halogens is 2. The standard InChI is InChI=1S/C34H24BrClN2O4/c1-42-24-14-8-19(9-15-24)30(39)29-28-16-10-21-18-23(36)13-17-27(21)38(28)32(31(40)20-6-11-22(35)12-7-20)34(29)25-4-2-3-5-26(25)37-33(34)41/h2-18,28-29,32H,1H3,(H,37,41)/t28-,29-,32+,34+/m1/s1. The third-order valence-electron chi connectivity index (χ3n) is 8.63. The summed E-state index contributed by atoms with van der Waals surface area (Å²) in [7, 11) is 1.56. The fourth-order valence-corrected chi connectivity index (χ4v) is 7.32. The van der Waals surface area contributed by atoms with Crippen LogP contribution < -0.4 is 15.0 Å². The van der Waals surface area contributed by atoms with Crippen LogP contribution in [0.15, 0.2) is 102 Å². The van der Waals surface area contributed by atoms with Crippen molar-refractivity contribution in [1.29, 1.82) is 0 Å². The molecule has 42 heavy (non-hydrogen) atoms. The van der Waals surface area contributed by atoms with Crippen LogP contribution in [0.4, 0.5) is 11.4 Å². The predicted molar refractivity (Wildman–Crippen MR) is 167 cm³/mol. The first-order valence-corrected chi connectivity index (χ1v) is 14.7. The molecule has 3 aliphatic rings. The SMILES string of the molecule is COc1ccc(C(=O)[C@H]2[C@H]3C=Cc4cc(Cl)ccc4N3[C@@H](C(=O)c3ccc(Br)cc3)[C@@]23C(=O)Nc2ccccc23)cc1. The van der Waals surface area contributed by atoms with E-state index in [9.17, 15) is 14.4 Å². The minimum atomic E-state index is -1.52. The van der Waals surface area contributed by atoms with Gasteiger partial charge >= 0.3 is 0 Å². The van der Waals surface area contributed by atoms with Crippen LogP contribution in [-0.2, 0) is 10.2 Å². The van der Waals surface area contributed by atoms with Crippen molar-refractivity contribution in [3.05, 3.63) is 129 Å². The van der Waals surface area contributed by atoms with Gasteiger partial charge in [0.1, 0.15) is 17.2 Å². The third-order valence-corrected chi connectivity index (χ3v) is 9.40. The number of nitrogens with zero attached hydrogens (tertiary/aromatic N) is 1. The number of hydrogen-bond donors (Lipinski definition) is 1. The maximum absolute atomic E-state index is 14.8. The molecule has 1 N–H and O–H groups in total. The number of benzene rings is 4. The Labute approximate surface area is 256 Å². The highest BCUT2D eigenvalue weighted by Crippen LogP contribution is 2.58. The van der Waals surface area contributed by atoms with Gasteiger partial charge in [0.05, 0.1) is 19.1 Å². The van der Waals surface area contributed by atoms with Gasteiger partial charge in [-0.3, -0.25) is 14.4 Å². The molecule has 7 rings (SSSR count). The summed E-state index contributed by atoms with van der Waals surface area (Å²) in [6, 6.07) is 25.2. The lowest BCUT2D eigenvalue weighted by atomic mass is 9.63. The van der Waals surface area contributed by atoms with Crippen LogP contribution in [0.5, 0.6) is 5.75 Å². The molecule has 8 heteroatoms. The summed E-state index contributed by atoms with van der Waals surface area (Å²) in [5.74, 6) is -1.15. The summed E-state index contributed by atoms with van der Waals surface area (Å²) in [6.07, 6.45) is 3.85. The zero-order chi connectivity index (χ0) is 29.2. The minimum Gasteiger partial charge on any atom is -0.497 e. The van der Waals surface area contributed by atoms with Crippen molar-refractivity contribution in [2.24, 2.45) is 5.92 Å². The normalized spacial score (nSPS) is 23.3. The molecule has 1 spiro atoms. The van der Waals surface area contributed by atoms with E-state index in [1.807, 2.05) is 53.5 Å². The monoisotopic (exact) mass is 638 g/mol. The topological polar surface area (TPSA) is 75.7 Å². The van der Waals surface area contributed by atoms with Crippen molar-refractivity contribution in [2.75, 3.05) is 17.3 Å². The molecule has 0 aromatic heterocycles. The lowest BCUT2D eigenvalue weighted by molar-refractivity contribution is -0.121. The van der Waals surface area contributed by atoms with Crippen molar-refractivity contribution < 1.29 is 19.1 Å². The quantitative estimate of drug-likeness (QED) is 0.239. The largest absolute Gasteiger partial charge is 0.497 e. The zero-order valence-electron chi connectivity index (χ0n) is 22.4. The lowest BCUT2D eigenvalue weighted by Crippen LogP contribution is -2.55. The van der Waals surface area contributed by atoms with Gasteiger partial charge < -0.3 is 15.0 Å². The summed E-state index contributed by atoms with van der Waals surface area (Å²) in [5, 5.41) is 3.58. The van der Waals surface area contributed by atoms with E-state index in [-0.39, 0.29) is 17.5 Å². The Balaban J connectivity index is 1.52.